The average Bonchev–Trinajstić information content (AvgIpc) is 3.04. The summed E-state index contributed by atoms with van der Waals surface area (Å²) in [5, 5.41) is 3.82. The van der Waals surface area contributed by atoms with Gasteiger partial charge in [0.2, 0.25) is 0 Å². The zero-order chi connectivity index (χ0) is 19.5. The molecule has 4 rings (SSSR count). The topological polar surface area (TPSA) is 72.9 Å². The molecule has 5 nitrogen and oxygen atoms in total. The number of aryl methyl sites for hydroxylation is 1. The van der Waals surface area contributed by atoms with E-state index < -0.39 is 0 Å². The minimum atomic E-state index is -0.174. The fourth-order valence-electron chi connectivity index (χ4n) is 2.96. The first kappa shape index (κ1) is 18.1. The Bertz CT molecular complexity index is 1130. The number of fused-ring (bicyclic) bond motifs is 1. The van der Waals surface area contributed by atoms with Crippen LogP contribution in [0.5, 0.6) is 0 Å². The Hall–Kier alpha value is -3.25. The molecule has 1 aromatic heterocycles. The third-order valence-electron chi connectivity index (χ3n) is 4.54. The fraction of sp³-hybridized carbons (Fsp3) is 0.0909. The van der Waals surface area contributed by atoms with Crippen molar-refractivity contribution in [1.82, 2.24) is 9.55 Å². The van der Waals surface area contributed by atoms with E-state index in [0.29, 0.717) is 16.9 Å². The lowest BCUT2D eigenvalue weighted by Gasteiger charge is -2.08. The van der Waals surface area contributed by atoms with Gasteiger partial charge in [-0.3, -0.25) is 4.79 Å². The summed E-state index contributed by atoms with van der Waals surface area (Å²) in [6.07, 6.45) is 0. The smallest absolute Gasteiger partial charge is 0.255 e. The van der Waals surface area contributed by atoms with Crippen LogP contribution in [-0.4, -0.2) is 15.5 Å². The van der Waals surface area contributed by atoms with Gasteiger partial charge in [0.15, 0.2) is 5.16 Å². The van der Waals surface area contributed by atoms with Crippen molar-refractivity contribution < 1.29 is 4.79 Å². The van der Waals surface area contributed by atoms with Gasteiger partial charge < -0.3 is 15.6 Å². The van der Waals surface area contributed by atoms with E-state index in [4.69, 9.17) is 5.73 Å². The molecule has 0 bridgehead atoms. The summed E-state index contributed by atoms with van der Waals surface area (Å²) < 4.78 is 2.10. The first-order valence-corrected chi connectivity index (χ1v) is 9.89. The number of imidazole rings is 1. The first-order valence-electron chi connectivity index (χ1n) is 8.91. The standard InChI is InChI=1S/C22H20N4OS/c1-26-20-9-5-4-8-19(20)25-22(26)28-14-15-10-12-16(13-11-15)21(27)24-18-7-3-2-6-17(18)23/h2-13H,14,23H2,1H3,(H,24,27). The molecule has 0 spiro atoms. The van der Waals surface area contributed by atoms with Crippen LogP contribution in [0.15, 0.2) is 78.0 Å². The Kier molecular flexibility index (Phi) is 5.04. The van der Waals surface area contributed by atoms with Gasteiger partial charge in [0, 0.05) is 18.4 Å². The zero-order valence-corrected chi connectivity index (χ0v) is 16.2. The predicted octanol–water partition coefficient (Wildman–Crippen LogP) is 4.70. The Balaban J connectivity index is 1.42. The van der Waals surface area contributed by atoms with Crippen LogP contribution < -0.4 is 11.1 Å². The molecule has 28 heavy (non-hydrogen) atoms. The van der Waals surface area contributed by atoms with E-state index in [1.165, 1.54) is 0 Å². The molecular weight excluding hydrogens is 368 g/mol. The maximum atomic E-state index is 12.4. The maximum Gasteiger partial charge on any atom is 0.255 e. The van der Waals surface area contributed by atoms with E-state index in [0.717, 1.165) is 27.5 Å². The molecule has 0 aliphatic heterocycles. The van der Waals surface area contributed by atoms with Gasteiger partial charge in [-0.2, -0.15) is 0 Å². The summed E-state index contributed by atoms with van der Waals surface area (Å²) in [4.78, 5) is 17.1. The van der Waals surface area contributed by atoms with Crippen molar-refractivity contribution in [2.75, 3.05) is 11.1 Å². The number of nitrogen functional groups attached to an aromatic ring is 1. The van der Waals surface area contributed by atoms with Crippen molar-refractivity contribution in [3.05, 3.63) is 83.9 Å². The molecule has 0 saturated carbocycles. The van der Waals surface area contributed by atoms with E-state index in [-0.39, 0.29) is 5.91 Å². The largest absolute Gasteiger partial charge is 0.397 e. The lowest BCUT2D eigenvalue weighted by molar-refractivity contribution is 0.102. The molecule has 4 aromatic rings. The number of nitrogens with one attached hydrogen (secondary N) is 1. The average molecular weight is 388 g/mol. The number of nitrogens with zero attached hydrogens (tertiary/aromatic N) is 2. The van der Waals surface area contributed by atoms with E-state index in [1.54, 1.807) is 23.9 Å². The minimum Gasteiger partial charge on any atom is -0.397 e. The Morgan fingerprint density at radius 3 is 2.50 bits per heavy atom. The summed E-state index contributed by atoms with van der Waals surface area (Å²) in [6.45, 7) is 0. The highest BCUT2D eigenvalue weighted by molar-refractivity contribution is 7.98. The molecule has 3 aromatic carbocycles. The Morgan fingerprint density at radius 2 is 1.75 bits per heavy atom. The molecule has 1 amide bonds. The minimum absolute atomic E-state index is 0.174. The molecule has 1 heterocycles. The molecule has 0 radical (unpaired) electrons. The van der Waals surface area contributed by atoms with Gasteiger partial charge in [0.1, 0.15) is 0 Å². The van der Waals surface area contributed by atoms with Gasteiger partial charge in [-0.15, -0.1) is 0 Å². The Morgan fingerprint density at radius 1 is 1.04 bits per heavy atom. The molecule has 140 valence electrons. The number of amides is 1. The van der Waals surface area contributed by atoms with E-state index in [2.05, 4.69) is 20.9 Å². The molecule has 0 atom stereocenters. The van der Waals surface area contributed by atoms with Crippen LogP contribution in [-0.2, 0) is 12.8 Å². The van der Waals surface area contributed by atoms with E-state index >= 15 is 0 Å². The summed E-state index contributed by atoms with van der Waals surface area (Å²) in [5.74, 6) is 0.609. The molecular formula is C22H20N4OS. The third kappa shape index (κ3) is 3.73. The van der Waals surface area contributed by atoms with Crippen molar-refractivity contribution in [3.63, 3.8) is 0 Å². The SMILES string of the molecule is Cn1c(SCc2ccc(C(=O)Nc3ccccc3N)cc2)nc2ccccc21. The molecule has 0 saturated heterocycles. The van der Waals surface area contributed by atoms with Gasteiger partial charge in [-0.25, -0.2) is 4.98 Å². The van der Waals surface area contributed by atoms with Crippen molar-refractivity contribution in [3.8, 4) is 0 Å². The molecule has 3 N–H and O–H groups in total. The highest BCUT2D eigenvalue weighted by atomic mass is 32.2. The van der Waals surface area contributed by atoms with Crippen LogP contribution in [0.4, 0.5) is 11.4 Å². The van der Waals surface area contributed by atoms with Crippen LogP contribution in [0.2, 0.25) is 0 Å². The monoisotopic (exact) mass is 388 g/mol. The zero-order valence-electron chi connectivity index (χ0n) is 15.4. The summed E-state index contributed by atoms with van der Waals surface area (Å²) in [5.41, 5.74) is 10.9. The van der Waals surface area contributed by atoms with Gasteiger partial charge in [-0.1, -0.05) is 48.2 Å². The van der Waals surface area contributed by atoms with Crippen LogP contribution >= 0.6 is 11.8 Å². The number of benzene rings is 3. The quantitative estimate of drug-likeness (QED) is 0.384. The predicted molar refractivity (Wildman–Crippen MR) is 116 cm³/mol. The number of para-hydroxylation sites is 4. The number of hydrogen-bond donors (Lipinski definition) is 2. The van der Waals surface area contributed by atoms with Crippen LogP contribution in [0, 0.1) is 0 Å². The summed E-state index contributed by atoms with van der Waals surface area (Å²) in [6, 6.07) is 22.9. The molecule has 0 unspecified atom stereocenters. The van der Waals surface area contributed by atoms with Crippen molar-refractivity contribution in [1.29, 1.82) is 0 Å². The fourth-order valence-corrected chi connectivity index (χ4v) is 3.90. The summed E-state index contributed by atoms with van der Waals surface area (Å²) in [7, 11) is 2.03. The van der Waals surface area contributed by atoms with Gasteiger partial charge in [-0.05, 0) is 42.0 Å². The number of carbonyl (C=O) groups is 1. The third-order valence-corrected chi connectivity index (χ3v) is 5.64. The van der Waals surface area contributed by atoms with E-state index in [9.17, 15) is 4.79 Å². The number of hydrogen-bond acceptors (Lipinski definition) is 4. The normalized spacial score (nSPS) is 10.9. The second-order valence-corrected chi connectivity index (χ2v) is 7.41. The van der Waals surface area contributed by atoms with Gasteiger partial charge >= 0.3 is 0 Å². The molecule has 0 aliphatic rings. The summed E-state index contributed by atoms with van der Waals surface area (Å²) >= 11 is 1.68. The van der Waals surface area contributed by atoms with Crippen LogP contribution in [0.25, 0.3) is 11.0 Å². The van der Waals surface area contributed by atoms with Gasteiger partial charge in [0.05, 0.1) is 22.4 Å². The van der Waals surface area contributed by atoms with Crippen molar-refractivity contribution in [2.45, 2.75) is 10.9 Å². The number of anilines is 2. The number of aromatic nitrogens is 2. The van der Waals surface area contributed by atoms with Crippen LogP contribution in [0.1, 0.15) is 15.9 Å². The van der Waals surface area contributed by atoms with Crippen molar-refractivity contribution >= 4 is 40.1 Å². The number of carbonyl (C=O) groups excluding carboxylic acids is 1. The number of thioether (sulfide) groups is 1. The number of nitrogens with two attached hydrogens (primary N) is 1. The van der Waals surface area contributed by atoms with Crippen LogP contribution in [0.3, 0.4) is 0 Å². The highest BCUT2D eigenvalue weighted by Gasteiger charge is 2.10. The lowest BCUT2D eigenvalue weighted by Crippen LogP contribution is -2.13. The molecule has 0 fully saturated rings. The second kappa shape index (κ2) is 7.78. The molecule has 0 aliphatic carbocycles. The number of rotatable bonds is 5. The van der Waals surface area contributed by atoms with E-state index in [1.807, 2.05) is 61.6 Å². The molecule has 6 heteroatoms. The highest BCUT2D eigenvalue weighted by Crippen LogP contribution is 2.26. The lowest BCUT2D eigenvalue weighted by atomic mass is 10.1. The van der Waals surface area contributed by atoms with Crippen molar-refractivity contribution in [2.24, 2.45) is 7.05 Å². The maximum absolute atomic E-state index is 12.4. The first-order chi connectivity index (χ1) is 13.6. The second-order valence-electron chi connectivity index (χ2n) is 6.47. The van der Waals surface area contributed by atoms with Gasteiger partial charge in [0.25, 0.3) is 5.91 Å². The Labute approximate surface area is 167 Å².